The van der Waals surface area contributed by atoms with Gasteiger partial charge in [-0.3, -0.25) is 0 Å². The first-order valence-corrected chi connectivity index (χ1v) is 6.43. The zero-order chi connectivity index (χ0) is 14.8. The van der Waals surface area contributed by atoms with E-state index in [0.29, 0.717) is 16.9 Å². The maximum absolute atomic E-state index is 13.8. The van der Waals surface area contributed by atoms with Gasteiger partial charge in [0.2, 0.25) is 0 Å². The fourth-order valence-electron chi connectivity index (χ4n) is 2.12. The number of nitrogens with two attached hydrogens (primary N) is 1. The van der Waals surface area contributed by atoms with Crippen molar-refractivity contribution in [1.29, 1.82) is 0 Å². The second kappa shape index (κ2) is 5.28. The van der Waals surface area contributed by atoms with E-state index in [9.17, 15) is 4.39 Å². The lowest BCUT2D eigenvalue weighted by atomic mass is 10.1. The van der Waals surface area contributed by atoms with Crippen LogP contribution in [0.15, 0.2) is 54.7 Å². The summed E-state index contributed by atoms with van der Waals surface area (Å²) in [7, 11) is 1.61. The minimum absolute atomic E-state index is 0.343. The Labute approximate surface area is 121 Å². The Hall–Kier alpha value is -2.82. The number of ether oxygens (including phenoxy) is 1. The first kappa shape index (κ1) is 13.2. The molecule has 0 saturated heterocycles. The number of hydrogen-bond acceptors (Lipinski definition) is 3. The van der Waals surface area contributed by atoms with E-state index in [1.165, 1.54) is 6.07 Å². The van der Waals surface area contributed by atoms with Gasteiger partial charge >= 0.3 is 0 Å². The summed E-state index contributed by atoms with van der Waals surface area (Å²) in [5.74, 6) is 0.414. The Morgan fingerprint density at radius 2 is 1.81 bits per heavy atom. The number of nitrogen functional groups attached to an aromatic ring is 1. The molecule has 21 heavy (non-hydrogen) atoms. The Balaban J connectivity index is 2.03. The molecular weight excluding hydrogens is 269 g/mol. The van der Waals surface area contributed by atoms with E-state index < -0.39 is 0 Å². The van der Waals surface area contributed by atoms with Gasteiger partial charge in [0, 0.05) is 5.56 Å². The second-order valence-electron chi connectivity index (χ2n) is 4.56. The van der Waals surface area contributed by atoms with Crippen LogP contribution in [0.2, 0.25) is 0 Å². The highest BCUT2D eigenvalue weighted by atomic mass is 19.1. The van der Waals surface area contributed by atoms with Crippen molar-refractivity contribution in [2.45, 2.75) is 0 Å². The molecule has 0 spiro atoms. The van der Waals surface area contributed by atoms with Crippen LogP contribution in [0.3, 0.4) is 0 Å². The SMILES string of the molecule is COc1ccc(-n2cc(N)c(-c3ccccc3F)n2)cc1. The number of nitrogens with zero attached hydrogens (tertiary/aromatic N) is 2. The summed E-state index contributed by atoms with van der Waals surface area (Å²) in [6.45, 7) is 0. The summed E-state index contributed by atoms with van der Waals surface area (Å²) in [6.07, 6.45) is 1.67. The highest BCUT2D eigenvalue weighted by Gasteiger charge is 2.13. The van der Waals surface area contributed by atoms with Crippen molar-refractivity contribution in [2.75, 3.05) is 12.8 Å². The largest absolute Gasteiger partial charge is 0.497 e. The summed E-state index contributed by atoms with van der Waals surface area (Å²) in [5.41, 5.74) is 8.04. The van der Waals surface area contributed by atoms with Gasteiger partial charge in [-0.2, -0.15) is 5.10 Å². The van der Waals surface area contributed by atoms with E-state index in [1.54, 1.807) is 36.2 Å². The summed E-state index contributed by atoms with van der Waals surface area (Å²) >= 11 is 0. The quantitative estimate of drug-likeness (QED) is 0.802. The van der Waals surface area contributed by atoms with Crippen LogP contribution in [-0.4, -0.2) is 16.9 Å². The molecule has 0 aliphatic carbocycles. The first-order chi connectivity index (χ1) is 10.2. The van der Waals surface area contributed by atoms with Crippen molar-refractivity contribution in [2.24, 2.45) is 0 Å². The van der Waals surface area contributed by atoms with Gasteiger partial charge in [0.15, 0.2) is 0 Å². The van der Waals surface area contributed by atoms with Crippen molar-refractivity contribution in [1.82, 2.24) is 9.78 Å². The van der Waals surface area contributed by atoms with Crippen LogP contribution in [0.5, 0.6) is 5.75 Å². The zero-order valence-electron chi connectivity index (χ0n) is 11.5. The molecular formula is C16H14FN3O. The van der Waals surface area contributed by atoms with Crippen LogP contribution < -0.4 is 10.5 Å². The second-order valence-corrected chi connectivity index (χ2v) is 4.56. The molecule has 0 unspecified atom stereocenters. The van der Waals surface area contributed by atoms with E-state index in [4.69, 9.17) is 10.5 Å². The van der Waals surface area contributed by atoms with Gasteiger partial charge < -0.3 is 10.5 Å². The molecule has 0 amide bonds. The van der Waals surface area contributed by atoms with Crippen LogP contribution in [-0.2, 0) is 0 Å². The number of rotatable bonds is 3. The standard InChI is InChI=1S/C16H14FN3O/c1-21-12-8-6-11(7-9-12)20-10-15(18)16(19-20)13-4-2-3-5-14(13)17/h2-10H,18H2,1H3. The molecule has 1 heterocycles. The van der Waals surface area contributed by atoms with Crippen LogP contribution in [0.1, 0.15) is 0 Å². The maximum atomic E-state index is 13.8. The lowest BCUT2D eigenvalue weighted by Gasteiger charge is -2.03. The molecule has 0 aliphatic rings. The number of methoxy groups -OCH3 is 1. The molecule has 0 atom stereocenters. The minimum Gasteiger partial charge on any atom is -0.497 e. The summed E-state index contributed by atoms with van der Waals surface area (Å²) < 4.78 is 20.6. The van der Waals surface area contributed by atoms with Gasteiger partial charge in [0.1, 0.15) is 17.3 Å². The highest BCUT2D eigenvalue weighted by molar-refractivity contribution is 5.72. The monoisotopic (exact) mass is 283 g/mol. The molecule has 0 radical (unpaired) electrons. The number of anilines is 1. The summed E-state index contributed by atoms with van der Waals surface area (Å²) in [6, 6.07) is 13.8. The average Bonchev–Trinajstić information content (AvgIpc) is 2.90. The average molecular weight is 283 g/mol. The third-order valence-corrected chi connectivity index (χ3v) is 3.21. The van der Waals surface area contributed by atoms with Gasteiger partial charge in [0.05, 0.1) is 24.7 Å². The Morgan fingerprint density at radius 1 is 1.10 bits per heavy atom. The first-order valence-electron chi connectivity index (χ1n) is 6.43. The van der Waals surface area contributed by atoms with E-state index >= 15 is 0 Å². The summed E-state index contributed by atoms with van der Waals surface area (Å²) in [5, 5.41) is 4.38. The molecule has 3 rings (SSSR count). The zero-order valence-corrected chi connectivity index (χ0v) is 11.5. The van der Waals surface area contributed by atoms with E-state index in [2.05, 4.69) is 5.10 Å². The molecule has 2 N–H and O–H groups in total. The van der Waals surface area contributed by atoms with Crippen LogP contribution in [0.4, 0.5) is 10.1 Å². The molecule has 3 aromatic rings. The van der Waals surface area contributed by atoms with Gasteiger partial charge in [-0.15, -0.1) is 0 Å². The predicted molar refractivity (Wildman–Crippen MR) is 79.9 cm³/mol. The molecule has 0 saturated carbocycles. The van der Waals surface area contributed by atoms with E-state index in [1.807, 2.05) is 24.3 Å². The smallest absolute Gasteiger partial charge is 0.132 e. The molecule has 5 heteroatoms. The molecule has 0 aliphatic heterocycles. The maximum Gasteiger partial charge on any atom is 0.132 e. The van der Waals surface area contributed by atoms with Gasteiger partial charge in [-0.1, -0.05) is 12.1 Å². The van der Waals surface area contributed by atoms with Crippen molar-refractivity contribution >= 4 is 5.69 Å². The van der Waals surface area contributed by atoms with Crippen LogP contribution >= 0.6 is 0 Å². The van der Waals surface area contributed by atoms with Crippen molar-refractivity contribution in [3.8, 4) is 22.7 Å². The fourth-order valence-corrected chi connectivity index (χ4v) is 2.12. The third kappa shape index (κ3) is 2.45. The van der Waals surface area contributed by atoms with Crippen LogP contribution in [0, 0.1) is 5.82 Å². The topological polar surface area (TPSA) is 53.1 Å². The Morgan fingerprint density at radius 3 is 2.48 bits per heavy atom. The fraction of sp³-hybridized carbons (Fsp3) is 0.0625. The molecule has 0 fully saturated rings. The molecule has 0 bridgehead atoms. The molecule has 106 valence electrons. The van der Waals surface area contributed by atoms with E-state index in [0.717, 1.165) is 11.4 Å². The minimum atomic E-state index is -0.343. The Kier molecular flexibility index (Phi) is 3.31. The summed E-state index contributed by atoms with van der Waals surface area (Å²) in [4.78, 5) is 0. The Bertz CT molecular complexity index is 765. The number of benzene rings is 2. The number of halogens is 1. The van der Waals surface area contributed by atoms with Crippen molar-refractivity contribution < 1.29 is 9.13 Å². The van der Waals surface area contributed by atoms with Gasteiger partial charge in [-0.25, -0.2) is 9.07 Å². The lowest BCUT2D eigenvalue weighted by Crippen LogP contribution is -1.95. The van der Waals surface area contributed by atoms with Crippen molar-refractivity contribution in [3.05, 3.63) is 60.5 Å². The predicted octanol–water partition coefficient (Wildman–Crippen LogP) is 3.27. The number of hydrogen-bond donors (Lipinski definition) is 1. The molecule has 4 nitrogen and oxygen atoms in total. The van der Waals surface area contributed by atoms with E-state index in [-0.39, 0.29) is 5.82 Å². The van der Waals surface area contributed by atoms with Crippen molar-refractivity contribution in [3.63, 3.8) is 0 Å². The molecule has 1 aromatic heterocycles. The van der Waals surface area contributed by atoms with Crippen LogP contribution in [0.25, 0.3) is 16.9 Å². The van der Waals surface area contributed by atoms with Gasteiger partial charge in [0.25, 0.3) is 0 Å². The number of aromatic nitrogens is 2. The third-order valence-electron chi connectivity index (χ3n) is 3.21. The lowest BCUT2D eigenvalue weighted by molar-refractivity contribution is 0.414. The molecule has 2 aromatic carbocycles. The normalized spacial score (nSPS) is 10.6. The highest BCUT2D eigenvalue weighted by Crippen LogP contribution is 2.27. The van der Waals surface area contributed by atoms with Gasteiger partial charge in [-0.05, 0) is 36.4 Å².